The lowest BCUT2D eigenvalue weighted by atomic mass is 10.4. The first kappa shape index (κ1) is 9.87. The number of aromatic carboxylic acids is 1. The number of nitrogens with zero attached hydrogens (tertiary/aromatic N) is 1. The summed E-state index contributed by atoms with van der Waals surface area (Å²) >= 11 is 4.14. The van der Waals surface area contributed by atoms with Gasteiger partial charge >= 0.3 is 5.97 Å². The lowest BCUT2D eigenvalue weighted by Gasteiger charge is -1.87. The quantitative estimate of drug-likeness (QED) is 0.620. The minimum atomic E-state index is -0.990. The van der Waals surface area contributed by atoms with E-state index >= 15 is 0 Å². The number of carboxylic acids is 1. The van der Waals surface area contributed by atoms with Gasteiger partial charge in [-0.25, -0.2) is 15.0 Å². The molecule has 0 bridgehead atoms. The predicted molar refractivity (Wildman–Crippen MR) is 41.2 cm³/mol. The first-order valence-corrected chi connectivity index (χ1v) is 3.10. The van der Waals surface area contributed by atoms with Crippen molar-refractivity contribution in [2.75, 3.05) is 0 Å². The van der Waals surface area contributed by atoms with Gasteiger partial charge in [-0.1, -0.05) is 6.07 Å². The second kappa shape index (κ2) is 5.64. The van der Waals surface area contributed by atoms with Gasteiger partial charge in [0.2, 0.25) is 0 Å². The van der Waals surface area contributed by atoms with Crippen molar-refractivity contribution >= 4 is 17.7 Å². The molecule has 11 heavy (non-hydrogen) atoms. The molecule has 0 aromatic carbocycles. The molecule has 1 aromatic heterocycles. The van der Waals surface area contributed by atoms with Crippen molar-refractivity contribution in [1.29, 1.82) is 0 Å². The Bertz CT molecular complexity index is 215. The molecule has 0 fully saturated rings. The lowest BCUT2D eigenvalue weighted by molar-refractivity contribution is 0.0690. The summed E-state index contributed by atoms with van der Waals surface area (Å²) in [6, 6.07) is 4.76. The van der Waals surface area contributed by atoms with Crippen molar-refractivity contribution in [3.8, 4) is 0 Å². The molecule has 0 radical (unpaired) electrons. The molecule has 0 atom stereocenters. The van der Waals surface area contributed by atoms with Crippen LogP contribution in [0.1, 0.15) is 10.5 Å². The number of halogens is 1. The highest BCUT2D eigenvalue weighted by Crippen LogP contribution is 1.90. The van der Waals surface area contributed by atoms with E-state index in [1.807, 2.05) is 0 Å². The molecule has 5 heteroatoms. The van der Waals surface area contributed by atoms with Crippen molar-refractivity contribution in [3.63, 3.8) is 0 Å². The number of aromatic nitrogens is 1. The maximum Gasteiger partial charge on any atom is 0.354 e. The molecule has 0 aliphatic heterocycles. The van der Waals surface area contributed by atoms with E-state index in [4.69, 9.17) is 5.11 Å². The molecule has 0 aliphatic rings. The Kier molecular flexibility index (Phi) is 5.06. The van der Waals surface area contributed by atoms with Crippen molar-refractivity contribution < 1.29 is 9.90 Å². The first-order chi connectivity index (χ1) is 5.30. The number of rotatable bonds is 1. The van der Waals surface area contributed by atoms with Gasteiger partial charge in [-0.15, -0.1) is 0 Å². The molecule has 1 aromatic rings. The summed E-state index contributed by atoms with van der Waals surface area (Å²) in [6.45, 7) is 0. The first-order valence-electron chi connectivity index (χ1n) is 2.67. The van der Waals surface area contributed by atoms with E-state index in [0.29, 0.717) is 0 Å². The molecule has 0 aliphatic carbocycles. The van der Waals surface area contributed by atoms with E-state index in [0.717, 1.165) is 0 Å². The van der Waals surface area contributed by atoms with Gasteiger partial charge in [0.1, 0.15) is 5.69 Å². The summed E-state index contributed by atoms with van der Waals surface area (Å²) < 4.78 is 0. The fourth-order valence-electron chi connectivity index (χ4n) is 0.489. The largest absolute Gasteiger partial charge is 0.477 e. The normalized spacial score (nSPS) is 7.82. The third kappa shape index (κ3) is 3.54. The van der Waals surface area contributed by atoms with Gasteiger partial charge in [0.15, 0.2) is 0 Å². The molecular formula is C6H7ClN2O2. The van der Waals surface area contributed by atoms with Crippen LogP contribution >= 0.6 is 11.8 Å². The van der Waals surface area contributed by atoms with Crippen LogP contribution in [-0.4, -0.2) is 16.1 Å². The monoisotopic (exact) mass is 174 g/mol. The van der Waals surface area contributed by atoms with Crippen molar-refractivity contribution in [2.24, 2.45) is 5.25 Å². The molecule has 3 N–H and O–H groups in total. The maximum atomic E-state index is 10.1. The van der Waals surface area contributed by atoms with Crippen molar-refractivity contribution in [1.82, 2.24) is 4.98 Å². The fraction of sp³-hybridized carbons (Fsp3) is 0. The molecule has 0 spiro atoms. The van der Waals surface area contributed by atoms with Crippen LogP contribution in [0.5, 0.6) is 0 Å². The molecule has 1 heterocycles. The Labute approximate surface area is 68.7 Å². The summed E-state index contributed by atoms with van der Waals surface area (Å²) in [7, 11) is 0. The zero-order chi connectivity index (χ0) is 8.69. The lowest BCUT2D eigenvalue weighted by Crippen LogP contribution is -1.97. The number of nitrogens with two attached hydrogens (primary N) is 1. The van der Waals surface area contributed by atoms with E-state index in [2.05, 4.69) is 22.0 Å². The van der Waals surface area contributed by atoms with Gasteiger partial charge in [-0.2, -0.15) is 0 Å². The van der Waals surface area contributed by atoms with Crippen LogP contribution in [0.4, 0.5) is 0 Å². The SMILES string of the molecule is NCl.O=C(O)c1ccccn1. The summed E-state index contributed by atoms with van der Waals surface area (Å²) in [5.74, 6) is -0.990. The Morgan fingerprint density at radius 3 is 2.45 bits per heavy atom. The summed E-state index contributed by atoms with van der Waals surface area (Å²) in [5.41, 5.74) is 0.0810. The van der Waals surface area contributed by atoms with Crippen LogP contribution in [0, 0.1) is 0 Å². The van der Waals surface area contributed by atoms with Gasteiger partial charge in [0.05, 0.1) is 0 Å². The van der Waals surface area contributed by atoms with Crippen LogP contribution in [0.15, 0.2) is 24.4 Å². The molecule has 0 saturated heterocycles. The number of carbonyl (C=O) groups is 1. The van der Waals surface area contributed by atoms with Crippen LogP contribution in [-0.2, 0) is 0 Å². The molecule has 0 unspecified atom stereocenters. The highest BCUT2D eigenvalue weighted by atomic mass is 35.5. The number of carboxylic acid groups (broad SMARTS) is 1. The van der Waals surface area contributed by atoms with E-state index in [1.54, 1.807) is 12.1 Å². The van der Waals surface area contributed by atoms with Crippen LogP contribution in [0.3, 0.4) is 0 Å². The third-order valence-corrected chi connectivity index (χ3v) is 0.884. The second-order valence-corrected chi connectivity index (χ2v) is 1.52. The number of pyridine rings is 1. The van der Waals surface area contributed by atoms with Crippen LogP contribution in [0.25, 0.3) is 0 Å². The average molecular weight is 175 g/mol. The van der Waals surface area contributed by atoms with E-state index < -0.39 is 5.97 Å². The van der Waals surface area contributed by atoms with E-state index in [9.17, 15) is 4.79 Å². The summed E-state index contributed by atoms with van der Waals surface area (Å²) in [5, 5.41) is 12.3. The van der Waals surface area contributed by atoms with Crippen LogP contribution < -0.4 is 5.25 Å². The standard InChI is InChI=1S/C6H5NO2.ClH2N/c8-6(9)5-3-1-2-4-7-5;1-2/h1-4H,(H,8,9);2H2. The van der Waals surface area contributed by atoms with Gasteiger partial charge in [0.25, 0.3) is 0 Å². The molecule has 1 rings (SSSR count). The van der Waals surface area contributed by atoms with Crippen molar-refractivity contribution in [2.45, 2.75) is 0 Å². The Morgan fingerprint density at radius 1 is 1.55 bits per heavy atom. The van der Waals surface area contributed by atoms with Crippen LogP contribution in [0.2, 0.25) is 0 Å². The zero-order valence-electron chi connectivity index (χ0n) is 5.57. The van der Waals surface area contributed by atoms with Gasteiger partial charge in [0, 0.05) is 6.20 Å². The molecule has 4 nitrogen and oxygen atoms in total. The molecule has 60 valence electrons. The third-order valence-electron chi connectivity index (χ3n) is 0.884. The summed E-state index contributed by atoms with van der Waals surface area (Å²) in [6.07, 6.45) is 1.45. The average Bonchev–Trinajstić information content (AvgIpc) is 2.10. The second-order valence-electron chi connectivity index (χ2n) is 1.52. The fourth-order valence-corrected chi connectivity index (χ4v) is 0.489. The Balaban J connectivity index is 0.000000461. The highest BCUT2D eigenvalue weighted by Gasteiger charge is 1.98. The number of hydrogen-bond donors (Lipinski definition) is 2. The van der Waals surface area contributed by atoms with Gasteiger partial charge < -0.3 is 5.11 Å². The van der Waals surface area contributed by atoms with E-state index in [-0.39, 0.29) is 5.69 Å². The Morgan fingerprint density at radius 2 is 2.18 bits per heavy atom. The molecule has 0 saturated carbocycles. The smallest absolute Gasteiger partial charge is 0.354 e. The van der Waals surface area contributed by atoms with Crippen molar-refractivity contribution in [3.05, 3.63) is 30.1 Å². The molecular weight excluding hydrogens is 168 g/mol. The molecule has 0 amide bonds. The summed E-state index contributed by atoms with van der Waals surface area (Å²) in [4.78, 5) is 13.7. The predicted octanol–water partition coefficient (Wildman–Crippen LogP) is 0.879. The highest BCUT2D eigenvalue weighted by molar-refractivity contribution is 6.11. The Hall–Kier alpha value is -1.13. The number of hydrogen-bond acceptors (Lipinski definition) is 3. The maximum absolute atomic E-state index is 10.1. The minimum Gasteiger partial charge on any atom is -0.477 e. The zero-order valence-corrected chi connectivity index (χ0v) is 6.32. The van der Waals surface area contributed by atoms with Gasteiger partial charge in [-0.3, -0.25) is 0 Å². The van der Waals surface area contributed by atoms with Gasteiger partial charge in [-0.05, 0) is 23.9 Å². The minimum absolute atomic E-state index is 0.0810. The topological polar surface area (TPSA) is 76.2 Å². The van der Waals surface area contributed by atoms with E-state index in [1.165, 1.54) is 12.3 Å².